The third kappa shape index (κ3) is 4.77. The quantitative estimate of drug-likeness (QED) is 0.586. The molecule has 3 aromatic rings. The van der Waals surface area contributed by atoms with E-state index in [0.717, 1.165) is 18.4 Å². The van der Waals surface area contributed by atoms with Gasteiger partial charge in [-0.2, -0.15) is 10.4 Å². The van der Waals surface area contributed by atoms with E-state index in [1.54, 1.807) is 64.3 Å². The number of carbonyl (C=O) groups excluding carboxylic acids is 2. The summed E-state index contributed by atoms with van der Waals surface area (Å²) in [4.78, 5) is 25.9. The van der Waals surface area contributed by atoms with Crippen LogP contribution in [0.1, 0.15) is 34.8 Å². The second kappa shape index (κ2) is 9.40. The van der Waals surface area contributed by atoms with Crippen LogP contribution in [0.5, 0.6) is 11.5 Å². The van der Waals surface area contributed by atoms with Crippen molar-refractivity contribution in [1.29, 1.82) is 5.26 Å². The smallest absolute Gasteiger partial charge is 0.252 e. The second-order valence-electron chi connectivity index (χ2n) is 7.79. The van der Waals surface area contributed by atoms with Gasteiger partial charge in [0, 0.05) is 24.8 Å². The van der Waals surface area contributed by atoms with Crippen LogP contribution in [0.2, 0.25) is 0 Å². The van der Waals surface area contributed by atoms with Crippen molar-refractivity contribution < 1.29 is 14.3 Å². The van der Waals surface area contributed by atoms with Gasteiger partial charge in [0.05, 0.1) is 23.2 Å². The van der Waals surface area contributed by atoms with Gasteiger partial charge in [-0.15, -0.1) is 0 Å². The van der Waals surface area contributed by atoms with Gasteiger partial charge >= 0.3 is 0 Å². The summed E-state index contributed by atoms with van der Waals surface area (Å²) in [5.74, 6) is 0.456. The largest absolute Gasteiger partial charge is 0.457 e. The number of nitriles is 1. The van der Waals surface area contributed by atoms with E-state index < -0.39 is 5.91 Å². The fraction of sp³-hybridized carbons (Fsp3) is 0.200. The molecule has 2 aromatic carbocycles. The zero-order chi connectivity index (χ0) is 23.4. The monoisotopic (exact) mass is 441 g/mol. The molecule has 0 bridgehead atoms. The summed E-state index contributed by atoms with van der Waals surface area (Å²) >= 11 is 0. The number of amides is 2. The Labute approximate surface area is 191 Å². The molecule has 1 aliphatic rings. The summed E-state index contributed by atoms with van der Waals surface area (Å²) in [6.07, 6.45) is 4.65. The van der Waals surface area contributed by atoms with Gasteiger partial charge in [-0.1, -0.05) is 12.6 Å². The van der Waals surface area contributed by atoms with E-state index in [1.807, 2.05) is 0 Å². The minimum absolute atomic E-state index is 0.0514. The second-order valence-corrected chi connectivity index (χ2v) is 7.79. The number of nitrogens with zero attached hydrogens (tertiary/aromatic N) is 4. The molecule has 1 fully saturated rings. The number of likely N-dealkylation sites (tertiary alicyclic amines) is 1. The van der Waals surface area contributed by atoms with Gasteiger partial charge < -0.3 is 15.4 Å². The summed E-state index contributed by atoms with van der Waals surface area (Å²) in [5, 5.41) is 13.7. The van der Waals surface area contributed by atoms with Crippen LogP contribution in [0.15, 0.2) is 67.4 Å². The van der Waals surface area contributed by atoms with Crippen LogP contribution >= 0.6 is 0 Å². The first kappa shape index (κ1) is 21.8. The van der Waals surface area contributed by atoms with Crippen molar-refractivity contribution in [1.82, 2.24) is 14.7 Å². The van der Waals surface area contributed by atoms with Crippen molar-refractivity contribution in [3.63, 3.8) is 0 Å². The highest BCUT2D eigenvalue weighted by Crippen LogP contribution is 2.29. The molecule has 0 unspecified atom stereocenters. The fourth-order valence-corrected chi connectivity index (χ4v) is 3.92. The van der Waals surface area contributed by atoms with E-state index in [-0.39, 0.29) is 11.9 Å². The maximum absolute atomic E-state index is 12.1. The summed E-state index contributed by atoms with van der Waals surface area (Å²) in [5.41, 5.74) is 7.66. The molecule has 0 radical (unpaired) electrons. The van der Waals surface area contributed by atoms with Crippen LogP contribution in [-0.2, 0) is 4.79 Å². The van der Waals surface area contributed by atoms with Crippen molar-refractivity contribution >= 4 is 11.8 Å². The van der Waals surface area contributed by atoms with E-state index >= 15 is 0 Å². The predicted molar refractivity (Wildman–Crippen MR) is 122 cm³/mol. The van der Waals surface area contributed by atoms with E-state index in [0.29, 0.717) is 41.4 Å². The third-order valence-electron chi connectivity index (χ3n) is 5.58. The number of rotatable bonds is 6. The Hall–Kier alpha value is -4.38. The number of nitrogens with two attached hydrogens (primary N) is 1. The molecule has 1 atom stereocenters. The van der Waals surface area contributed by atoms with E-state index in [1.165, 1.54) is 6.08 Å². The average Bonchev–Trinajstić information content (AvgIpc) is 3.30. The van der Waals surface area contributed by atoms with Gasteiger partial charge in [0.2, 0.25) is 5.91 Å². The number of benzene rings is 2. The third-order valence-corrected chi connectivity index (χ3v) is 5.58. The van der Waals surface area contributed by atoms with Crippen LogP contribution in [0.3, 0.4) is 0 Å². The average molecular weight is 441 g/mol. The normalized spacial score (nSPS) is 15.5. The fourth-order valence-electron chi connectivity index (χ4n) is 3.92. The molecule has 0 saturated carbocycles. The highest BCUT2D eigenvalue weighted by Gasteiger charge is 2.26. The Kier molecular flexibility index (Phi) is 6.22. The van der Waals surface area contributed by atoms with Crippen molar-refractivity contribution in [3.05, 3.63) is 78.5 Å². The van der Waals surface area contributed by atoms with Crippen molar-refractivity contribution in [2.45, 2.75) is 18.9 Å². The zero-order valence-electron chi connectivity index (χ0n) is 18.0. The topological polar surface area (TPSA) is 114 Å². The lowest BCUT2D eigenvalue weighted by Crippen LogP contribution is -2.40. The first-order valence-electron chi connectivity index (χ1n) is 10.6. The Morgan fingerprint density at radius 3 is 2.70 bits per heavy atom. The number of piperidine rings is 1. The number of hydrogen-bond donors (Lipinski definition) is 1. The van der Waals surface area contributed by atoms with Gasteiger partial charge in [0.1, 0.15) is 17.2 Å². The molecule has 33 heavy (non-hydrogen) atoms. The summed E-state index contributed by atoms with van der Waals surface area (Å²) in [7, 11) is 0. The molecule has 8 heteroatoms. The molecule has 1 aliphatic heterocycles. The van der Waals surface area contributed by atoms with Gasteiger partial charge in [0.15, 0.2) is 0 Å². The van der Waals surface area contributed by atoms with Crippen LogP contribution in [0.4, 0.5) is 0 Å². The lowest BCUT2D eigenvalue weighted by Gasteiger charge is -2.32. The maximum atomic E-state index is 12.1. The first-order valence-corrected chi connectivity index (χ1v) is 10.6. The molecule has 0 spiro atoms. The van der Waals surface area contributed by atoms with E-state index in [4.69, 9.17) is 15.7 Å². The van der Waals surface area contributed by atoms with Crippen LogP contribution in [-0.4, -0.2) is 39.6 Å². The molecule has 8 nitrogen and oxygen atoms in total. The van der Waals surface area contributed by atoms with Crippen LogP contribution < -0.4 is 10.5 Å². The minimum atomic E-state index is -0.570. The van der Waals surface area contributed by atoms with Crippen LogP contribution in [0.25, 0.3) is 11.3 Å². The van der Waals surface area contributed by atoms with E-state index in [2.05, 4.69) is 17.7 Å². The molecule has 2 N–H and O–H groups in total. The minimum Gasteiger partial charge on any atom is -0.457 e. The summed E-state index contributed by atoms with van der Waals surface area (Å²) in [6.45, 7) is 4.73. The SMILES string of the molecule is C=CC(=O)N1CCC[C@@H](n2cc(C(N)=O)c(-c3ccc(Oc4cccc(C#N)c4)cc3)n2)C1. The standard InChI is InChI=1S/C25H23N5O3/c1-2-23(31)29-12-4-6-19(15-29)30-16-22(25(27)32)24(28-30)18-8-10-20(11-9-18)33-21-7-3-5-17(13-21)14-26/h2-3,5,7-11,13,16,19H,1,4,6,12,15H2,(H2,27,32)/t19-/m1/s1. The van der Waals surface area contributed by atoms with Crippen molar-refractivity contribution in [3.8, 4) is 28.8 Å². The molecule has 0 aliphatic carbocycles. The maximum Gasteiger partial charge on any atom is 0.252 e. The molecular weight excluding hydrogens is 418 g/mol. The van der Waals surface area contributed by atoms with Crippen molar-refractivity contribution in [2.24, 2.45) is 5.73 Å². The van der Waals surface area contributed by atoms with Crippen LogP contribution in [0, 0.1) is 11.3 Å². The summed E-state index contributed by atoms with van der Waals surface area (Å²) < 4.78 is 7.55. The number of primary amides is 1. The molecule has 166 valence electrons. The van der Waals surface area contributed by atoms with Gasteiger partial charge in [-0.25, -0.2) is 0 Å². The molecular formula is C25H23N5O3. The highest BCUT2D eigenvalue weighted by molar-refractivity contribution is 5.98. The Balaban J connectivity index is 1.57. The number of aromatic nitrogens is 2. The van der Waals surface area contributed by atoms with Gasteiger partial charge in [-0.05, 0) is 61.4 Å². The lowest BCUT2D eigenvalue weighted by atomic mass is 10.1. The summed E-state index contributed by atoms with van der Waals surface area (Å²) in [6, 6.07) is 16.1. The highest BCUT2D eigenvalue weighted by atomic mass is 16.5. The Morgan fingerprint density at radius 1 is 1.21 bits per heavy atom. The van der Waals surface area contributed by atoms with E-state index in [9.17, 15) is 9.59 Å². The number of carbonyl (C=O) groups is 2. The molecule has 1 saturated heterocycles. The Morgan fingerprint density at radius 2 is 2.00 bits per heavy atom. The van der Waals surface area contributed by atoms with Crippen molar-refractivity contribution in [2.75, 3.05) is 13.1 Å². The molecule has 4 rings (SSSR count). The number of hydrogen-bond acceptors (Lipinski definition) is 5. The predicted octanol–water partition coefficient (Wildman–Crippen LogP) is 3.66. The number of ether oxygens (including phenoxy) is 1. The van der Waals surface area contributed by atoms with Gasteiger partial charge in [-0.3, -0.25) is 14.3 Å². The molecule has 1 aromatic heterocycles. The van der Waals surface area contributed by atoms with Gasteiger partial charge in [0.25, 0.3) is 5.91 Å². The molecule has 2 heterocycles. The Bertz CT molecular complexity index is 1240. The zero-order valence-corrected chi connectivity index (χ0v) is 18.0. The first-order chi connectivity index (χ1) is 16.0. The molecule has 2 amide bonds. The lowest BCUT2D eigenvalue weighted by molar-refractivity contribution is -0.127.